The quantitative estimate of drug-likeness (QED) is 0.113. The van der Waals surface area contributed by atoms with Crippen LogP contribution in [0.1, 0.15) is 23.7 Å². The van der Waals surface area contributed by atoms with Gasteiger partial charge in [-0.3, -0.25) is 19.3 Å². The van der Waals surface area contributed by atoms with Gasteiger partial charge in [0.2, 0.25) is 5.91 Å². The van der Waals surface area contributed by atoms with Gasteiger partial charge in [0.15, 0.2) is 16.2 Å². The highest BCUT2D eigenvalue weighted by Crippen LogP contribution is 2.43. The second-order valence-electron chi connectivity index (χ2n) is 8.86. The first-order chi connectivity index (χ1) is 19.5. The van der Waals surface area contributed by atoms with E-state index in [-0.39, 0.29) is 11.6 Å². The van der Waals surface area contributed by atoms with Gasteiger partial charge in [-0.25, -0.2) is 9.78 Å². The predicted molar refractivity (Wildman–Crippen MR) is 154 cm³/mol. The van der Waals surface area contributed by atoms with Crippen molar-refractivity contribution in [3.05, 3.63) is 89.4 Å². The second-order valence-corrected chi connectivity index (χ2v) is 12.2. The lowest BCUT2D eigenvalue weighted by atomic mass is 10.0. The molecule has 0 spiro atoms. The summed E-state index contributed by atoms with van der Waals surface area (Å²) in [5.41, 5.74) is 2.48. The van der Waals surface area contributed by atoms with Gasteiger partial charge < -0.3 is 10.1 Å². The van der Waals surface area contributed by atoms with E-state index in [0.29, 0.717) is 11.5 Å². The molecule has 13 heteroatoms. The molecule has 5 rings (SSSR count). The highest BCUT2D eigenvalue weighted by atomic mass is 35.5. The zero-order chi connectivity index (χ0) is 28.1. The zero-order valence-electron chi connectivity index (χ0n) is 20.9. The van der Waals surface area contributed by atoms with E-state index in [1.165, 1.54) is 46.3 Å². The number of ketones is 1. The smallest absolute Gasteiger partial charge is 0.356 e. The molecule has 1 fully saturated rings. The van der Waals surface area contributed by atoms with Crippen molar-refractivity contribution in [3.63, 3.8) is 0 Å². The lowest BCUT2D eigenvalue weighted by Gasteiger charge is -2.49. The van der Waals surface area contributed by atoms with Crippen molar-refractivity contribution in [3.8, 4) is 0 Å². The van der Waals surface area contributed by atoms with Gasteiger partial charge in [-0.15, -0.1) is 23.4 Å². The number of nitrogens with one attached hydrogen (secondary N) is 1. The number of carbonyl (C=O) groups excluding carboxylic acids is 4. The molecular formula is C27H23ClN4O5S3. The summed E-state index contributed by atoms with van der Waals surface area (Å²) < 4.78 is 10.9. The number of hydrogen-bond acceptors (Lipinski definition) is 10. The third-order valence-corrected chi connectivity index (χ3v) is 9.73. The number of thioether (sulfide) groups is 2. The Morgan fingerprint density at radius 3 is 2.38 bits per heavy atom. The number of carbonyl (C=O) groups is 4. The van der Waals surface area contributed by atoms with Crippen LogP contribution in [0.3, 0.4) is 0 Å². The van der Waals surface area contributed by atoms with E-state index in [1.807, 2.05) is 60.7 Å². The number of fused-ring (bicyclic) bond motifs is 1. The van der Waals surface area contributed by atoms with E-state index >= 15 is 0 Å². The lowest BCUT2D eigenvalue weighted by molar-refractivity contribution is -0.154. The number of esters is 1. The van der Waals surface area contributed by atoms with Crippen LogP contribution < -0.4 is 5.32 Å². The number of amides is 2. The molecule has 2 aliphatic rings. The molecule has 2 aromatic carbocycles. The minimum absolute atomic E-state index is 0.171. The molecule has 1 N–H and O–H groups in total. The summed E-state index contributed by atoms with van der Waals surface area (Å²) in [5, 5.41) is 2.12. The average molecular weight is 615 g/mol. The van der Waals surface area contributed by atoms with Crippen molar-refractivity contribution in [2.45, 2.75) is 28.3 Å². The molecule has 3 aromatic rings. The molecule has 9 nitrogen and oxygen atoms in total. The Hall–Kier alpha value is -3.19. The van der Waals surface area contributed by atoms with Crippen molar-refractivity contribution in [1.29, 1.82) is 0 Å². The van der Waals surface area contributed by atoms with Crippen molar-refractivity contribution in [2.75, 3.05) is 17.4 Å². The highest BCUT2D eigenvalue weighted by Gasteiger charge is 2.54. The fraction of sp³-hybridized carbons (Fsp3) is 0.259. The molecule has 0 aliphatic carbocycles. The summed E-state index contributed by atoms with van der Waals surface area (Å²) in [6.07, 6.45) is 0.365. The van der Waals surface area contributed by atoms with Gasteiger partial charge in [0, 0.05) is 11.5 Å². The van der Waals surface area contributed by atoms with Crippen molar-refractivity contribution >= 4 is 70.2 Å². The van der Waals surface area contributed by atoms with Crippen LogP contribution in [-0.4, -0.2) is 66.6 Å². The topological polar surface area (TPSA) is 119 Å². The molecule has 40 heavy (non-hydrogen) atoms. The second kappa shape index (κ2) is 13.0. The molecule has 0 radical (unpaired) electrons. The minimum Gasteiger partial charge on any atom is -0.448 e. The van der Waals surface area contributed by atoms with E-state index in [2.05, 4.69) is 14.7 Å². The van der Waals surface area contributed by atoms with Crippen LogP contribution in [0.4, 0.5) is 0 Å². The monoisotopic (exact) mass is 614 g/mol. The van der Waals surface area contributed by atoms with Crippen LogP contribution in [0.25, 0.3) is 0 Å². The van der Waals surface area contributed by atoms with E-state index in [4.69, 9.17) is 16.3 Å². The average Bonchev–Trinajstić information content (AvgIpc) is 3.51. The maximum absolute atomic E-state index is 13.9. The number of aromatic nitrogens is 2. The largest absolute Gasteiger partial charge is 0.448 e. The molecule has 1 aromatic heterocycles. The molecule has 206 valence electrons. The number of alkyl halides is 1. The van der Waals surface area contributed by atoms with Gasteiger partial charge in [-0.05, 0) is 28.2 Å². The molecular weight excluding hydrogens is 592 g/mol. The minimum atomic E-state index is -0.861. The molecule has 1 unspecified atom stereocenters. The fourth-order valence-corrected chi connectivity index (χ4v) is 7.38. The van der Waals surface area contributed by atoms with Crippen LogP contribution in [0, 0.1) is 0 Å². The molecule has 0 bridgehead atoms. The van der Waals surface area contributed by atoms with Crippen LogP contribution in [-0.2, 0) is 23.9 Å². The third kappa shape index (κ3) is 6.25. The summed E-state index contributed by atoms with van der Waals surface area (Å²) in [5.74, 6) is -1.52. The number of benzene rings is 2. The molecule has 2 aliphatic heterocycles. The van der Waals surface area contributed by atoms with Crippen LogP contribution in [0.5, 0.6) is 0 Å². The maximum atomic E-state index is 13.9. The summed E-state index contributed by atoms with van der Waals surface area (Å²) in [6, 6.07) is 17.9. The number of nitrogens with zero attached hydrogens (tertiary/aromatic N) is 3. The van der Waals surface area contributed by atoms with Gasteiger partial charge in [-0.2, -0.15) is 4.37 Å². The standard InChI is InChI=1S/C27H23ClN4O5S3/c28-12-19(33)11-20(34)31-21-24(35)32-22(18(13-38-25(21)32)14-39-27-29-15-30-40-27)26(36)37-23(16-7-3-1-4-8-16)17-9-5-2-6-10-17/h1-10,15,21,23,25H,11-14H2,(H,31,34)/t21?,25-/m1/s1. The number of rotatable bonds is 11. The Labute approximate surface area is 247 Å². The van der Waals surface area contributed by atoms with Crippen molar-refractivity contribution < 1.29 is 23.9 Å². The molecule has 3 heterocycles. The highest BCUT2D eigenvalue weighted by molar-refractivity contribution is 8.01. The number of hydrogen-bond donors (Lipinski definition) is 1. The predicted octanol–water partition coefficient (Wildman–Crippen LogP) is 3.82. The third-order valence-electron chi connectivity index (χ3n) is 6.20. The molecule has 2 amide bonds. The van der Waals surface area contributed by atoms with Gasteiger partial charge in [-0.1, -0.05) is 72.4 Å². The van der Waals surface area contributed by atoms with Crippen LogP contribution >= 0.6 is 46.7 Å². The Bertz CT molecular complexity index is 1380. The number of β-lactam (4-membered cyclic amide) rings is 1. The van der Waals surface area contributed by atoms with E-state index < -0.39 is 47.5 Å². The molecule has 0 saturated carbocycles. The summed E-state index contributed by atoms with van der Waals surface area (Å²) in [4.78, 5) is 56.7. The van der Waals surface area contributed by atoms with Crippen molar-refractivity contribution in [2.24, 2.45) is 0 Å². The SMILES string of the molecule is O=C(CCl)CC(=O)NC1C(=O)N2C(C(=O)OC(c3ccccc3)c3ccccc3)=C(CSc3ncns3)CS[C@H]12. The summed E-state index contributed by atoms with van der Waals surface area (Å²) in [6.45, 7) is 0. The van der Waals surface area contributed by atoms with Gasteiger partial charge in [0.1, 0.15) is 23.4 Å². The Kier molecular flexibility index (Phi) is 9.20. The van der Waals surface area contributed by atoms with E-state index in [0.717, 1.165) is 21.0 Å². The van der Waals surface area contributed by atoms with Gasteiger partial charge in [0.05, 0.1) is 12.3 Å². The Morgan fingerprint density at radius 2 is 1.77 bits per heavy atom. The maximum Gasteiger partial charge on any atom is 0.356 e. The normalized spacial score (nSPS) is 18.2. The van der Waals surface area contributed by atoms with E-state index in [1.54, 1.807) is 0 Å². The first-order valence-electron chi connectivity index (χ1n) is 12.2. The number of ether oxygens (including phenoxy) is 1. The number of halogens is 1. The van der Waals surface area contributed by atoms with Crippen LogP contribution in [0.2, 0.25) is 0 Å². The van der Waals surface area contributed by atoms with Crippen LogP contribution in [0.15, 0.2) is 82.6 Å². The zero-order valence-corrected chi connectivity index (χ0v) is 24.1. The summed E-state index contributed by atoms with van der Waals surface area (Å²) in [7, 11) is 0. The lowest BCUT2D eigenvalue weighted by Crippen LogP contribution is -2.70. The Balaban J connectivity index is 1.42. The number of Topliss-reactive ketones (excluding diaryl/α,β-unsaturated/α-hetero) is 1. The molecule has 2 atom stereocenters. The van der Waals surface area contributed by atoms with Crippen molar-refractivity contribution in [1.82, 2.24) is 19.6 Å². The van der Waals surface area contributed by atoms with Gasteiger partial charge in [0.25, 0.3) is 5.91 Å². The fourth-order valence-electron chi connectivity index (χ4n) is 4.36. The first kappa shape index (κ1) is 28.3. The molecule has 1 saturated heterocycles. The first-order valence-corrected chi connectivity index (χ1v) is 15.5. The van der Waals surface area contributed by atoms with Gasteiger partial charge >= 0.3 is 5.97 Å². The Morgan fingerprint density at radius 1 is 1.10 bits per heavy atom. The van der Waals surface area contributed by atoms with E-state index in [9.17, 15) is 19.2 Å². The summed E-state index contributed by atoms with van der Waals surface area (Å²) >= 11 is 9.62.